The topological polar surface area (TPSA) is 58.6 Å². The van der Waals surface area contributed by atoms with Gasteiger partial charge in [0.2, 0.25) is 10.0 Å². The quantitative estimate of drug-likeness (QED) is 0.915. The molecule has 0 atom stereocenters. The van der Waals surface area contributed by atoms with Crippen LogP contribution in [-0.4, -0.2) is 46.0 Å². The van der Waals surface area contributed by atoms with E-state index in [1.807, 2.05) is 7.05 Å². The Morgan fingerprint density at radius 1 is 1.33 bits per heavy atom. The predicted molar refractivity (Wildman–Crippen MR) is 78.5 cm³/mol. The zero-order valence-corrected chi connectivity index (χ0v) is 13.3. The molecule has 0 bridgehead atoms. The van der Waals surface area contributed by atoms with Crippen molar-refractivity contribution in [2.24, 2.45) is 0 Å². The Morgan fingerprint density at radius 3 is 2.48 bits per heavy atom. The lowest BCUT2D eigenvalue weighted by molar-refractivity contribution is 0.298. The Hall–Kier alpha value is -1.18. The van der Waals surface area contributed by atoms with Gasteiger partial charge < -0.3 is 10.1 Å². The fourth-order valence-electron chi connectivity index (χ4n) is 2.60. The second-order valence-corrected chi connectivity index (χ2v) is 7.08. The number of rotatable bonds is 4. The Balaban J connectivity index is 2.31. The van der Waals surface area contributed by atoms with Crippen LogP contribution in [0.25, 0.3) is 0 Å². The molecule has 1 aromatic rings. The van der Waals surface area contributed by atoms with Crippen LogP contribution in [-0.2, 0) is 10.0 Å². The third-order valence-electron chi connectivity index (χ3n) is 4.00. The van der Waals surface area contributed by atoms with Gasteiger partial charge in [-0.15, -0.1) is 0 Å². The van der Waals surface area contributed by atoms with Gasteiger partial charge in [-0.2, -0.15) is 4.31 Å². The van der Waals surface area contributed by atoms with Crippen LogP contribution in [0.5, 0.6) is 5.75 Å². The lowest BCUT2D eigenvalue weighted by Crippen LogP contribution is -2.44. The number of sulfonamides is 1. The number of methoxy groups -OCH3 is 1. The minimum absolute atomic E-state index is 0.0173. The fraction of sp³-hybridized carbons (Fsp3) is 0.571. The van der Waals surface area contributed by atoms with Gasteiger partial charge in [0.1, 0.15) is 0 Å². The Kier molecular flexibility index (Phi) is 4.85. The maximum Gasteiger partial charge on any atom is 0.243 e. The summed E-state index contributed by atoms with van der Waals surface area (Å²) in [5.41, 5.74) is 0.102. The van der Waals surface area contributed by atoms with E-state index in [4.69, 9.17) is 4.74 Å². The monoisotopic (exact) mass is 316 g/mol. The highest BCUT2D eigenvalue weighted by molar-refractivity contribution is 7.89. The Labute approximate surface area is 125 Å². The molecule has 1 fully saturated rings. The first-order valence-corrected chi connectivity index (χ1v) is 8.36. The molecular formula is C14H21FN2O3S. The molecule has 7 heteroatoms. The van der Waals surface area contributed by atoms with Crippen LogP contribution in [0, 0.1) is 12.7 Å². The first-order chi connectivity index (χ1) is 9.91. The van der Waals surface area contributed by atoms with Crippen LogP contribution in [0.1, 0.15) is 18.4 Å². The third kappa shape index (κ3) is 3.04. The summed E-state index contributed by atoms with van der Waals surface area (Å²) in [7, 11) is -0.433. The van der Waals surface area contributed by atoms with Crippen molar-refractivity contribution in [3.05, 3.63) is 23.5 Å². The van der Waals surface area contributed by atoms with Crippen molar-refractivity contribution in [1.29, 1.82) is 0 Å². The summed E-state index contributed by atoms with van der Waals surface area (Å²) in [4.78, 5) is 0.0173. The number of benzene rings is 1. The highest BCUT2D eigenvalue weighted by atomic mass is 32.2. The first-order valence-electron chi connectivity index (χ1n) is 6.92. The molecule has 5 nitrogen and oxygen atoms in total. The zero-order valence-electron chi connectivity index (χ0n) is 12.5. The summed E-state index contributed by atoms with van der Waals surface area (Å²) >= 11 is 0. The zero-order chi connectivity index (χ0) is 15.6. The normalized spacial score (nSPS) is 17.9. The molecule has 21 heavy (non-hydrogen) atoms. The summed E-state index contributed by atoms with van der Waals surface area (Å²) in [6.45, 7) is 2.35. The summed E-state index contributed by atoms with van der Waals surface area (Å²) in [6, 6.07) is 3.11. The van der Waals surface area contributed by atoms with Crippen LogP contribution in [0.2, 0.25) is 0 Å². The maximum absolute atomic E-state index is 14.1. The number of nitrogens with one attached hydrogen (secondary N) is 1. The SMILES string of the molecule is CNC1CCN(S(=O)(=O)c2ccc(OC)c(F)c2C)CC1. The van der Waals surface area contributed by atoms with Gasteiger partial charge in [-0.05, 0) is 38.9 Å². The van der Waals surface area contributed by atoms with Crippen molar-refractivity contribution in [3.63, 3.8) is 0 Å². The number of hydrogen-bond donors (Lipinski definition) is 1. The molecule has 0 aromatic heterocycles. The van der Waals surface area contributed by atoms with E-state index in [2.05, 4.69) is 5.32 Å². The highest BCUT2D eigenvalue weighted by Crippen LogP contribution is 2.29. The van der Waals surface area contributed by atoms with Crippen molar-refractivity contribution < 1.29 is 17.5 Å². The average molecular weight is 316 g/mol. The molecular weight excluding hydrogens is 295 g/mol. The van der Waals surface area contributed by atoms with Crippen molar-refractivity contribution in [1.82, 2.24) is 9.62 Å². The van der Waals surface area contributed by atoms with E-state index in [1.54, 1.807) is 0 Å². The van der Waals surface area contributed by atoms with Gasteiger partial charge in [-0.1, -0.05) is 0 Å². The van der Waals surface area contributed by atoms with Gasteiger partial charge in [0.25, 0.3) is 0 Å². The molecule has 0 unspecified atom stereocenters. The second kappa shape index (κ2) is 6.29. The van der Waals surface area contributed by atoms with E-state index in [0.29, 0.717) is 19.1 Å². The summed E-state index contributed by atoms with van der Waals surface area (Å²) in [5, 5.41) is 3.15. The minimum Gasteiger partial charge on any atom is -0.494 e. The molecule has 1 heterocycles. The van der Waals surface area contributed by atoms with Crippen LogP contribution < -0.4 is 10.1 Å². The van der Waals surface area contributed by atoms with Crippen molar-refractivity contribution in [3.8, 4) is 5.75 Å². The third-order valence-corrected chi connectivity index (χ3v) is 6.04. The molecule has 1 saturated heterocycles. The molecule has 1 N–H and O–H groups in total. The lowest BCUT2D eigenvalue weighted by atomic mass is 10.1. The summed E-state index contributed by atoms with van der Waals surface area (Å²) in [5.74, 6) is -0.566. The van der Waals surface area contributed by atoms with Gasteiger partial charge in [-0.3, -0.25) is 0 Å². The minimum atomic E-state index is -3.66. The number of piperidine rings is 1. The van der Waals surface area contributed by atoms with Crippen LogP contribution in [0.4, 0.5) is 4.39 Å². The fourth-order valence-corrected chi connectivity index (χ4v) is 4.29. The molecule has 1 aromatic carbocycles. The average Bonchev–Trinajstić information content (AvgIpc) is 2.49. The maximum atomic E-state index is 14.1. The molecule has 0 amide bonds. The molecule has 0 spiro atoms. The number of ether oxygens (including phenoxy) is 1. The van der Waals surface area contributed by atoms with Gasteiger partial charge in [0.05, 0.1) is 12.0 Å². The van der Waals surface area contributed by atoms with Crippen molar-refractivity contribution in [2.45, 2.75) is 30.7 Å². The second-order valence-electron chi connectivity index (χ2n) is 5.17. The van der Waals surface area contributed by atoms with E-state index in [0.717, 1.165) is 12.8 Å². The van der Waals surface area contributed by atoms with Gasteiger partial charge in [0.15, 0.2) is 11.6 Å². The molecule has 0 radical (unpaired) electrons. The van der Waals surface area contributed by atoms with Crippen LogP contribution >= 0.6 is 0 Å². The smallest absolute Gasteiger partial charge is 0.243 e. The van der Waals surface area contributed by atoms with Gasteiger partial charge in [-0.25, -0.2) is 12.8 Å². The molecule has 2 rings (SSSR count). The number of halogens is 1. The summed E-state index contributed by atoms with van der Waals surface area (Å²) in [6.07, 6.45) is 1.51. The Bertz CT molecular complexity index is 611. The van der Waals surface area contributed by atoms with E-state index in [-0.39, 0.29) is 16.2 Å². The summed E-state index contributed by atoms with van der Waals surface area (Å²) < 4.78 is 45.7. The first kappa shape index (κ1) is 16.2. The van der Waals surface area contributed by atoms with E-state index in [1.165, 1.54) is 30.5 Å². The van der Waals surface area contributed by atoms with Crippen molar-refractivity contribution >= 4 is 10.0 Å². The molecule has 0 saturated carbocycles. The van der Waals surface area contributed by atoms with Crippen LogP contribution in [0.15, 0.2) is 17.0 Å². The van der Waals surface area contributed by atoms with E-state index >= 15 is 0 Å². The Morgan fingerprint density at radius 2 is 1.95 bits per heavy atom. The van der Waals surface area contributed by atoms with E-state index in [9.17, 15) is 12.8 Å². The predicted octanol–water partition coefficient (Wildman–Crippen LogP) is 1.52. The molecule has 1 aliphatic rings. The molecule has 1 aliphatic heterocycles. The van der Waals surface area contributed by atoms with E-state index < -0.39 is 15.8 Å². The lowest BCUT2D eigenvalue weighted by Gasteiger charge is -2.31. The van der Waals surface area contributed by atoms with Gasteiger partial charge >= 0.3 is 0 Å². The van der Waals surface area contributed by atoms with Crippen molar-refractivity contribution in [2.75, 3.05) is 27.2 Å². The van der Waals surface area contributed by atoms with Gasteiger partial charge in [0, 0.05) is 24.7 Å². The number of nitrogens with zero attached hydrogens (tertiary/aromatic N) is 1. The largest absolute Gasteiger partial charge is 0.494 e. The highest BCUT2D eigenvalue weighted by Gasteiger charge is 2.31. The van der Waals surface area contributed by atoms with Crippen LogP contribution in [0.3, 0.4) is 0 Å². The number of hydrogen-bond acceptors (Lipinski definition) is 4. The standard InChI is InChI=1S/C14H21FN2O3S/c1-10-13(5-4-12(20-3)14(10)15)21(18,19)17-8-6-11(16-2)7-9-17/h4-5,11,16H,6-9H2,1-3H3. The molecule has 0 aliphatic carbocycles. The molecule has 118 valence electrons.